The van der Waals surface area contributed by atoms with Crippen molar-refractivity contribution in [2.24, 2.45) is 26.4 Å². The smallest absolute Gasteiger partial charge is 0.336 e. The van der Waals surface area contributed by atoms with Crippen molar-refractivity contribution in [2.45, 2.75) is 123 Å². The lowest BCUT2D eigenvalue weighted by atomic mass is 10.0. The molecular formula is C40H69N9O20. The van der Waals surface area contributed by atoms with Crippen LogP contribution in [0.1, 0.15) is 84.3 Å². The number of carbonyl (C=O) groups is 5. The van der Waals surface area contributed by atoms with Crippen molar-refractivity contribution in [1.82, 2.24) is 19.7 Å². The number of nitrogens with zero attached hydrogens (tertiary/aromatic N) is 7. The molecule has 7 atom stereocenters. The summed E-state index contributed by atoms with van der Waals surface area (Å²) in [5.74, 6) is -3.64. The van der Waals surface area contributed by atoms with Crippen molar-refractivity contribution in [3.05, 3.63) is 48.0 Å². The highest BCUT2D eigenvalue weighted by Gasteiger charge is 2.44. The molecule has 1 saturated heterocycles. The molecule has 7 unspecified atom stereocenters. The first kappa shape index (κ1) is 66.7. The van der Waals surface area contributed by atoms with Gasteiger partial charge in [0.1, 0.15) is 86.9 Å². The third-order valence-corrected chi connectivity index (χ3v) is 7.16. The third-order valence-electron chi connectivity index (χ3n) is 7.16. The van der Waals surface area contributed by atoms with E-state index in [0.717, 1.165) is 6.08 Å². The topological polar surface area (TPSA) is 446 Å². The summed E-state index contributed by atoms with van der Waals surface area (Å²) in [7, 11) is 3.70. The van der Waals surface area contributed by atoms with E-state index in [1.807, 2.05) is 0 Å². The fourth-order valence-corrected chi connectivity index (χ4v) is 3.96. The number of amides is 1. The van der Waals surface area contributed by atoms with Crippen LogP contribution in [0, 0.1) is 0 Å². The number of aliphatic hydroxyl groups is 9. The van der Waals surface area contributed by atoms with Crippen LogP contribution in [0.3, 0.4) is 0 Å². The van der Waals surface area contributed by atoms with Gasteiger partial charge in [0.25, 0.3) is 11.9 Å². The molecule has 0 aromatic carbocycles. The largest absolute Gasteiger partial charge is 0.512 e. The van der Waals surface area contributed by atoms with Gasteiger partial charge in [-0.3, -0.25) is 34.1 Å². The fourth-order valence-electron chi connectivity index (χ4n) is 3.96. The van der Waals surface area contributed by atoms with Gasteiger partial charge in [0.15, 0.2) is 25.1 Å². The van der Waals surface area contributed by atoms with Gasteiger partial charge < -0.3 is 85.8 Å². The molecule has 3 aliphatic heterocycles. The molecule has 4 rings (SSSR count). The molecule has 0 aliphatic carbocycles. The first-order chi connectivity index (χ1) is 32.5. The summed E-state index contributed by atoms with van der Waals surface area (Å²) in [6, 6.07) is -0.433. The molecule has 29 heteroatoms. The van der Waals surface area contributed by atoms with Crippen LogP contribution in [0.5, 0.6) is 0 Å². The first-order valence-electron chi connectivity index (χ1n) is 20.6. The summed E-state index contributed by atoms with van der Waals surface area (Å²) in [6.07, 6.45) is 2.74. The zero-order valence-corrected chi connectivity index (χ0v) is 40.0. The highest BCUT2D eigenvalue weighted by atomic mass is 16.7. The number of ketones is 1. The molecule has 13 N–H and O–H groups in total. The van der Waals surface area contributed by atoms with Crippen LogP contribution in [0.4, 0.5) is 0 Å². The molecule has 1 aromatic heterocycles. The third kappa shape index (κ3) is 30.4. The van der Waals surface area contributed by atoms with E-state index in [1.54, 1.807) is 6.92 Å². The Morgan fingerprint density at radius 1 is 0.957 bits per heavy atom. The number of fused-ring (bicyclic) bond motifs is 1. The average Bonchev–Trinajstić information content (AvgIpc) is 3.99. The molecule has 0 spiro atoms. The molecule has 4 heterocycles. The zero-order chi connectivity index (χ0) is 53.6. The first-order valence-corrected chi connectivity index (χ1v) is 20.6. The zero-order valence-electron chi connectivity index (χ0n) is 40.0. The van der Waals surface area contributed by atoms with Crippen LogP contribution in [0.15, 0.2) is 57.2 Å². The lowest BCUT2D eigenvalue weighted by Gasteiger charge is -2.39. The number of esters is 3. The number of carbonyl (C=O) groups excluding carboxylic acids is 5. The molecule has 0 bridgehead atoms. The maximum atomic E-state index is 10.8. The standard InChI is InChI=1S/C10H15N5O4.C8H12N4O5.C6H10O3.2C5H8O4.2C3H8/c11-8-6-9(13-2-12-8)15(3-14-6)10-7(18)4(16)1-5(17)19-10;1-5(13)8(15)17-4-16-3-12-2-10-7(11-12)6(9)14;1-3-5(7)4-6(8)9-2;2*1-9-5(8)2-4(7)3-6;2*1-3-2/h2-8,10,16-18H,1,11H2;2,5,13H,3-4H2,1H3,(H2,9,14);3-4,7-8H,1-2H3;6H,2-3H2,1H3;3,6-7H,2H2,1H3;2*3H2,1-2H3/b;;5-3-,6-4+;;4-3-;;. The van der Waals surface area contributed by atoms with Gasteiger partial charge >= 0.3 is 17.9 Å². The predicted octanol–water partition coefficient (Wildman–Crippen LogP) is -0.612. The lowest BCUT2D eigenvalue weighted by Crippen LogP contribution is -2.58. The minimum Gasteiger partial charge on any atom is -0.512 e. The van der Waals surface area contributed by atoms with Gasteiger partial charge in [-0.15, -0.1) is 5.10 Å². The highest BCUT2D eigenvalue weighted by molar-refractivity contribution is 6.05. The van der Waals surface area contributed by atoms with Crippen molar-refractivity contribution in [3.8, 4) is 0 Å². The number of aliphatic imine (C=N–C) groups is 3. The fraction of sp³-hybridized carbons (Fsp3) is 0.600. The Morgan fingerprint density at radius 2 is 1.54 bits per heavy atom. The summed E-state index contributed by atoms with van der Waals surface area (Å²) in [5.41, 5.74) is 10.7. The van der Waals surface area contributed by atoms with E-state index in [9.17, 15) is 39.3 Å². The normalized spacial score (nSPS) is 20.3. The number of Topliss-reactive ketones (excluding diaryl/α,β-unsaturated/α-hetero) is 1. The predicted molar refractivity (Wildman–Crippen MR) is 243 cm³/mol. The molecule has 1 aromatic rings. The second kappa shape index (κ2) is 39.4. The Morgan fingerprint density at radius 3 is 2.01 bits per heavy atom. The van der Waals surface area contributed by atoms with Crippen LogP contribution in [0.25, 0.3) is 0 Å². The highest BCUT2D eigenvalue weighted by Crippen LogP contribution is 2.25. The number of hydrogen-bond acceptors (Lipinski definition) is 27. The van der Waals surface area contributed by atoms with Gasteiger partial charge in [-0.05, 0) is 19.9 Å². The maximum absolute atomic E-state index is 10.8. The van der Waals surface area contributed by atoms with Crippen molar-refractivity contribution >= 4 is 48.1 Å². The van der Waals surface area contributed by atoms with Crippen LogP contribution >= 0.6 is 0 Å². The van der Waals surface area contributed by atoms with Crippen LogP contribution < -0.4 is 11.5 Å². The summed E-state index contributed by atoms with van der Waals surface area (Å²) in [6.45, 7) is 10.4. The number of ether oxygens (including phenoxy) is 6. The average molecular weight is 996 g/mol. The Balaban J connectivity index is -0.000000797. The summed E-state index contributed by atoms with van der Waals surface area (Å²) in [4.78, 5) is 69.4. The van der Waals surface area contributed by atoms with Crippen molar-refractivity contribution in [3.63, 3.8) is 0 Å². The van der Waals surface area contributed by atoms with Gasteiger partial charge in [-0.1, -0.05) is 40.5 Å². The van der Waals surface area contributed by atoms with Crippen LogP contribution in [-0.2, 0) is 54.3 Å². The van der Waals surface area contributed by atoms with E-state index in [0.29, 0.717) is 12.1 Å². The van der Waals surface area contributed by atoms with Crippen molar-refractivity contribution in [1.29, 1.82) is 0 Å². The Kier molecular flexibility index (Phi) is 38.1. The number of rotatable bonds is 14. The van der Waals surface area contributed by atoms with E-state index in [4.69, 9.17) is 51.6 Å². The minimum atomic E-state index is -1.20. The maximum Gasteiger partial charge on any atom is 0.336 e. The second-order valence-electron chi connectivity index (χ2n) is 13.3. The summed E-state index contributed by atoms with van der Waals surface area (Å²) >= 11 is 0. The van der Waals surface area contributed by atoms with Gasteiger partial charge in [0, 0.05) is 6.42 Å². The molecular weight excluding hydrogens is 926 g/mol. The molecule has 3 aliphatic rings. The van der Waals surface area contributed by atoms with Crippen LogP contribution in [-0.4, -0.2) is 192 Å². The Labute approximate surface area is 398 Å². The number of allylic oxidation sites excluding steroid dienone is 2. The lowest BCUT2D eigenvalue weighted by molar-refractivity contribution is -0.251. The number of aliphatic hydroxyl groups excluding tert-OH is 9. The van der Waals surface area contributed by atoms with E-state index in [2.05, 4.69) is 71.7 Å². The van der Waals surface area contributed by atoms with E-state index in [1.165, 1.54) is 75.8 Å². The molecule has 1 fully saturated rings. The van der Waals surface area contributed by atoms with Gasteiger partial charge in [-0.2, -0.15) is 0 Å². The molecule has 29 nitrogen and oxygen atoms in total. The van der Waals surface area contributed by atoms with Gasteiger partial charge in [0.05, 0.1) is 39.8 Å². The molecule has 1 amide bonds. The van der Waals surface area contributed by atoms with E-state index in [-0.39, 0.29) is 50.3 Å². The number of methoxy groups -OCH3 is 3. The quantitative estimate of drug-likeness (QED) is 0.0211. The summed E-state index contributed by atoms with van der Waals surface area (Å²) < 4.78 is 28.5. The number of amidine groups is 1. The Hall–Kier alpha value is -6.60. The van der Waals surface area contributed by atoms with Gasteiger partial charge in [0.2, 0.25) is 5.82 Å². The molecule has 0 radical (unpaired) electrons. The summed E-state index contributed by atoms with van der Waals surface area (Å²) in [5, 5.41) is 83.6. The van der Waals surface area contributed by atoms with Crippen molar-refractivity contribution < 1.29 is 98.4 Å². The molecule has 69 heavy (non-hydrogen) atoms. The minimum absolute atomic E-state index is 0.0191. The number of nitrogens with two attached hydrogens (primary N) is 2. The number of primary amides is 1. The number of hydrogen-bond donors (Lipinski definition) is 11. The van der Waals surface area contributed by atoms with E-state index >= 15 is 0 Å². The van der Waals surface area contributed by atoms with Crippen molar-refractivity contribution in [2.75, 3.05) is 34.7 Å². The van der Waals surface area contributed by atoms with Crippen LogP contribution in [0.2, 0.25) is 0 Å². The van der Waals surface area contributed by atoms with E-state index < -0.39 is 85.0 Å². The SMILES string of the molecule is C/C=C(O)/C=C(\O)OC.CC(O)C(=O)OCOCn1cnc(C(N)=O)n1.CCC.CCC.COC(=O)C/C(O)=C/O.COC(=O)CC(=O)CO.NC1N=CN=C2C1N=CN2C1OC(O)CC(O)C1O. The molecule has 394 valence electrons. The number of aromatic nitrogens is 3. The monoisotopic (exact) mass is 995 g/mol. The second-order valence-corrected chi connectivity index (χ2v) is 13.3. The van der Waals surface area contributed by atoms with Gasteiger partial charge in [-0.25, -0.2) is 19.5 Å². The molecule has 0 saturated carbocycles. The Bertz CT molecular complexity index is 1820.